The van der Waals surface area contributed by atoms with Crippen molar-refractivity contribution >= 4 is 28.7 Å². The highest BCUT2D eigenvalue weighted by molar-refractivity contribution is 7.97. The number of carbonyl (C=O) groups is 1. The first-order chi connectivity index (χ1) is 11.2. The summed E-state index contributed by atoms with van der Waals surface area (Å²) in [4.78, 5) is 19.4. The Morgan fingerprint density at radius 1 is 1.43 bits per heavy atom. The number of amides is 1. The van der Waals surface area contributed by atoms with Crippen molar-refractivity contribution in [2.45, 2.75) is 31.2 Å². The van der Waals surface area contributed by atoms with Gasteiger partial charge in [-0.2, -0.15) is 11.8 Å². The summed E-state index contributed by atoms with van der Waals surface area (Å²) in [7, 11) is 1.97. The second kappa shape index (κ2) is 7.36. The maximum Gasteiger partial charge on any atom is 0.242 e. The highest BCUT2D eigenvalue weighted by atomic mass is 32.2. The Labute approximate surface area is 141 Å². The predicted molar refractivity (Wildman–Crippen MR) is 95.6 cm³/mol. The van der Waals surface area contributed by atoms with Crippen LogP contribution in [-0.2, 0) is 17.1 Å². The average molecular weight is 332 g/mol. The number of benzene rings is 1. The first kappa shape index (κ1) is 16.3. The Hall–Kier alpha value is -1.53. The topological polar surface area (TPSA) is 50.2 Å². The third-order valence-corrected chi connectivity index (χ3v) is 5.03. The van der Waals surface area contributed by atoms with E-state index in [9.17, 15) is 4.79 Å². The molecule has 1 amide bonds. The van der Waals surface area contributed by atoms with Gasteiger partial charge in [-0.15, -0.1) is 0 Å². The second-order valence-corrected chi connectivity index (χ2v) is 6.87. The molecule has 1 saturated heterocycles. The van der Waals surface area contributed by atoms with Gasteiger partial charge in [-0.3, -0.25) is 4.79 Å². The molecule has 124 valence electrons. The number of aromatic nitrogens is 2. The zero-order valence-corrected chi connectivity index (χ0v) is 14.6. The van der Waals surface area contributed by atoms with Gasteiger partial charge < -0.3 is 14.8 Å². The molecule has 1 fully saturated rings. The van der Waals surface area contributed by atoms with E-state index in [1.165, 1.54) is 0 Å². The summed E-state index contributed by atoms with van der Waals surface area (Å²) in [6, 6.07) is 8.47. The molecular formula is C17H24N4OS. The molecule has 0 saturated carbocycles. The van der Waals surface area contributed by atoms with Gasteiger partial charge in [0.25, 0.3) is 0 Å². The molecule has 1 aliphatic rings. The molecule has 0 spiro atoms. The summed E-state index contributed by atoms with van der Waals surface area (Å²) < 4.78 is 2.08. The van der Waals surface area contributed by atoms with Gasteiger partial charge in [0.05, 0.1) is 16.8 Å². The number of likely N-dealkylation sites (tertiary alicyclic amines) is 1. The molecule has 0 bridgehead atoms. The van der Waals surface area contributed by atoms with Crippen molar-refractivity contribution in [3.63, 3.8) is 0 Å². The van der Waals surface area contributed by atoms with Gasteiger partial charge in [0.15, 0.2) is 0 Å². The number of nitrogens with one attached hydrogen (secondary N) is 1. The van der Waals surface area contributed by atoms with Crippen molar-refractivity contribution in [1.82, 2.24) is 19.8 Å². The number of thioether (sulfide) groups is 1. The van der Waals surface area contributed by atoms with Crippen LogP contribution in [0.3, 0.4) is 0 Å². The van der Waals surface area contributed by atoms with Crippen LogP contribution < -0.4 is 5.32 Å². The number of carbonyl (C=O) groups excluding carboxylic acids is 1. The van der Waals surface area contributed by atoms with Gasteiger partial charge in [0.1, 0.15) is 12.4 Å². The summed E-state index contributed by atoms with van der Waals surface area (Å²) in [5, 5.41) is 3.29. The van der Waals surface area contributed by atoms with E-state index in [-0.39, 0.29) is 5.91 Å². The summed E-state index contributed by atoms with van der Waals surface area (Å²) >= 11 is 1.73. The molecule has 1 N–H and O–H groups in total. The fourth-order valence-electron chi connectivity index (χ4n) is 3.22. The minimum atomic E-state index is 0.190. The van der Waals surface area contributed by atoms with E-state index in [0.717, 1.165) is 48.5 Å². The van der Waals surface area contributed by atoms with Crippen molar-refractivity contribution in [3.8, 4) is 0 Å². The number of nitrogens with zero attached hydrogens (tertiary/aromatic N) is 3. The van der Waals surface area contributed by atoms with E-state index in [2.05, 4.69) is 16.1 Å². The van der Waals surface area contributed by atoms with Gasteiger partial charge in [-0.1, -0.05) is 12.1 Å². The van der Waals surface area contributed by atoms with Crippen LogP contribution in [0.1, 0.15) is 18.7 Å². The average Bonchev–Trinajstić information content (AvgIpc) is 2.93. The smallest absolute Gasteiger partial charge is 0.242 e. The van der Waals surface area contributed by atoms with E-state index < -0.39 is 0 Å². The van der Waals surface area contributed by atoms with Crippen LogP contribution in [0.15, 0.2) is 24.3 Å². The maximum atomic E-state index is 12.8. The van der Waals surface area contributed by atoms with Crippen LogP contribution >= 0.6 is 11.8 Å². The van der Waals surface area contributed by atoms with Crippen LogP contribution in [0.25, 0.3) is 11.0 Å². The Morgan fingerprint density at radius 2 is 2.26 bits per heavy atom. The molecular weight excluding hydrogens is 308 g/mol. The van der Waals surface area contributed by atoms with Crippen LogP contribution in [-0.4, -0.2) is 52.8 Å². The predicted octanol–water partition coefficient (Wildman–Crippen LogP) is 2.11. The number of piperidine rings is 1. The molecule has 0 aliphatic carbocycles. The zero-order valence-electron chi connectivity index (χ0n) is 13.8. The lowest BCUT2D eigenvalue weighted by Crippen LogP contribution is -2.47. The third-order valence-electron chi connectivity index (χ3n) is 4.48. The Balaban J connectivity index is 1.82. The number of para-hydroxylation sites is 2. The lowest BCUT2D eigenvalue weighted by molar-refractivity contribution is -0.133. The van der Waals surface area contributed by atoms with Gasteiger partial charge >= 0.3 is 0 Å². The van der Waals surface area contributed by atoms with Gasteiger partial charge in [-0.25, -0.2) is 4.98 Å². The number of rotatable bonds is 5. The molecule has 1 aromatic heterocycles. The normalized spacial score (nSPS) is 18.5. The van der Waals surface area contributed by atoms with Gasteiger partial charge in [-0.05, 0) is 38.3 Å². The quantitative estimate of drug-likeness (QED) is 0.911. The lowest BCUT2D eigenvalue weighted by atomic mass is 10.1. The van der Waals surface area contributed by atoms with Crippen molar-refractivity contribution in [2.75, 3.05) is 26.4 Å². The summed E-state index contributed by atoms with van der Waals surface area (Å²) in [6.45, 7) is 2.05. The van der Waals surface area contributed by atoms with Gasteiger partial charge in [0.2, 0.25) is 5.91 Å². The number of likely N-dealkylation sites (N-methyl/N-ethyl adjacent to an activating group) is 1. The van der Waals surface area contributed by atoms with E-state index >= 15 is 0 Å². The highest BCUT2D eigenvalue weighted by Crippen LogP contribution is 2.20. The van der Waals surface area contributed by atoms with Crippen LogP contribution in [0.2, 0.25) is 0 Å². The molecule has 2 aromatic rings. The maximum absolute atomic E-state index is 12.8. The number of imidazole rings is 1. The van der Waals surface area contributed by atoms with E-state index in [1.54, 1.807) is 11.8 Å². The summed E-state index contributed by atoms with van der Waals surface area (Å²) in [5.74, 6) is 1.99. The third kappa shape index (κ3) is 3.53. The highest BCUT2D eigenvalue weighted by Gasteiger charge is 2.23. The fraction of sp³-hybridized carbons (Fsp3) is 0.529. The largest absolute Gasteiger partial charge is 0.340 e. The molecule has 6 heteroatoms. The fourth-order valence-corrected chi connectivity index (χ4v) is 3.69. The summed E-state index contributed by atoms with van der Waals surface area (Å²) in [5.41, 5.74) is 2.02. The monoisotopic (exact) mass is 332 g/mol. The number of hydrogen-bond acceptors (Lipinski definition) is 4. The van der Waals surface area contributed by atoms with Crippen molar-refractivity contribution in [1.29, 1.82) is 0 Å². The van der Waals surface area contributed by atoms with Crippen molar-refractivity contribution in [2.24, 2.45) is 0 Å². The molecule has 3 rings (SSSR count). The zero-order chi connectivity index (χ0) is 16.2. The van der Waals surface area contributed by atoms with Crippen molar-refractivity contribution < 1.29 is 4.79 Å². The first-order valence-corrected chi connectivity index (χ1v) is 9.50. The molecule has 0 radical (unpaired) electrons. The molecule has 1 aromatic carbocycles. The number of hydrogen-bond donors (Lipinski definition) is 1. The van der Waals surface area contributed by atoms with E-state index in [1.807, 2.05) is 36.2 Å². The minimum Gasteiger partial charge on any atom is -0.340 e. The molecule has 1 unspecified atom stereocenters. The van der Waals surface area contributed by atoms with Gasteiger partial charge in [0, 0.05) is 19.1 Å². The van der Waals surface area contributed by atoms with E-state index in [0.29, 0.717) is 12.6 Å². The number of fused-ring (bicyclic) bond motifs is 1. The molecule has 1 aliphatic heterocycles. The van der Waals surface area contributed by atoms with Crippen LogP contribution in [0, 0.1) is 0 Å². The van der Waals surface area contributed by atoms with E-state index in [4.69, 9.17) is 4.98 Å². The first-order valence-electron chi connectivity index (χ1n) is 8.11. The Kier molecular flexibility index (Phi) is 5.23. The van der Waals surface area contributed by atoms with Crippen LogP contribution in [0.4, 0.5) is 0 Å². The summed E-state index contributed by atoms with van der Waals surface area (Å²) in [6.07, 6.45) is 4.28. The molecule has 23 heavy (non-hydrogen) atoms. The Morgan fingerprint density at radius 3 is 3.04 bits per heavy atom. The SMILES string of the molecule is CNC1CCCN(C(=O)Cn2c(CSC)nc3ccccc32)C1. The standard InChI is InChI=1S/C17H24N4OS/c1-18-13-6-5-9-20(10-13)17(22)11-21-15-8-4-3-7-14(15)19-16(21)12-23-2/h3-4,7-8,13,18H,5-6,9-12H2,1-2H3. The minimum absolute atomic E-state index is 0.190. The molecule has 1 atom stereocenters. The van der Waals surface area contributed by atoms with Crippen LogP contribution in [0.5, 0.6) is 0 Å². The lowest BCUT2D eigenvalue weighted by Gasteiger charge is -2.32. The Bertz CT molecular complexity index is 684. The molecule has 2 heterocycles. The second-order valence-electron chi connectivity index (χ2n) is 6.00. The molecule has 5 nitrogen and oxygen atoms in total. The van der Waals surface area contributed by atoms with Crippen molar-refractivity contribution in [3.05, 3.63) is 30.1 Å².